The molecule has 1 aromatic carbocycles. The standard InChI is InChI=1S/C23H29N3O3S/c1-15(2)26-13-19(14-26)30(28,29)25-23(27)12-22-20-6-4-5-17(20)7-8-21(22)18-9-10-24-16(3)11-18/h7-11,15,19H,4-6,12-14H2,1-3H3,(H,25,27). The number of carbonyl (C=O) groups is 1. The molecule has 1 aliphatic carbocycles. The van der Waals surface area contributed by atoms with E-state index in [1.165, 1.54) is 11.1 Å². The van der Waals surface area contributed by atoms with E-state index in [2.05, 4.69) is 26.7 Å². The van der Waals surface area contributed by atoms with E-state index in [0.717, 1.165) is 41.6 Å². The fourth-order valence-corrected chi connectivity index (χ4v) is 5.79. The molecular formula is C23H29N3O3S. The van der Waals surface area contributed by atoms with Gasteiger partial charge in [0.15, 0.2) is 0 Å². The topological polar surface area (TPSA) is 79.4 Å². The predicted molar refractivity (Wildman–Crippen MR) is 118 cm³/mol. The van der Waals surface area contributed by atoms with Gasteiger partial charge in [0.25, 0.3) is 0 Å². The van der Waals surface area contributed by atoms with Crippen molar-refractivity contribution in [2.45, 2.75) is 57.7 Å². The molecule has 1 fully saturated rings. The molecule has 7 heteroatoms. The van der Waals surface area contributed by atoms with Gasteiger partial charge in [-0.25, -0.2) is 8.42 Å². The van der Waals surface area contributed by atoms with Gasteiger partial charge in [0.05, 0.1) is 6.42 Å². The minimum Gasteiger partial charge on any atom is -0.298 e. The summed E-state index contributed by atoms with van der Waals surface area (Å²) in [5.41, 5.74) is 6.31. The number of fused-ring (bicyclic) bond motifs is 1. The summed E-state index contributed by atoms with van der Waals surface area (Å²) >= 11 is 0. The fraction of sp³-hybridized carbons (Fsp3) is 0.478. The third-order valence-electron chi connectivity index (χ3n) is 6.25. The summed E-state index contributed by atoms with van der Waals surface area (Å²) < 4.78 is 27.6. The maximum atomic E-state index is 12.8. The Labute approximate surface area is 178 Å². The van der Waals surface area contributed by atoms with Gasteiger partial charge in [-0.3, -0.25) is 19.4 Å². The van der Waals surface area contributed by atoms with Gasteiger partial charge in [0.2, 0.25) is 15.9 Å². The summed E-state index contributed by atoms with van der Waals surface area (Å²) in [6.45, 7) is 6.97. The third kappa shape index (κ3) is 4.14. The number of rotatable bonds is 6. The zero-order chi connectivity index (χ0) is 21.5. The van der Waals surface area contributed by atoms with Crippen LogP contribution in [-0.4, -0.2) is 48.6 Å². The van der Waals surface area contributed by atoms with Gasteiger partial charge >= 0.3 is 0 Å². The smallest absolute Gasteiger partial charge is 0.240 e. The lowest BCUT2D eigenvalue weighted by atomic mass is 9.91. The first-order chi connectivity index (χ1) is 14.2. The van der Waals surface area contributed by atoms with Crippen LogP contribution in [0.1, 0.15) is 42.7 Å². The highest BCUT2D eigenvalue weighted by molar-refractivity contribution is 7.90. The number of hydrogen-bond acceptors (Lipinski definition) is 5. The van der Waals surface area contributed by atoms with Crippen molar-refractivity contribution >= 4 is 15.9 Å². The Balaban J connectivity index is 1.57. The van der Waals surface area contributed by atoms with Gasteiger partial charge < -0.3 is 0 Å². The molecule has 2 heterocycles. The van der Waals surface area contributed by atoms with Crippen LogP contribution in [0, 0.1) is 6.92 Å². The SMILES string of the molecule is Cc1cc(-c2ccc3c(c2CC(=O)NS(=O)(=O)C2CN(C(C)C)C2)CCC3)ccn1. The number of nitrogens with one attached hydrogen (secondary N) is 1. The highest BCUT2D eigenvalue weighted by Crippen LogP contribution is 2.34. The number of aromatic nitrogens is 1. The molecule has 6 nitrogen and oxygen atoms in total. The molecule has 1 aromatic heterocycles. The minimum atomic E-state index is -3.66. The molecule has 30 heavy (non-hydrogen) atoms. The van der Waals surface area contributed by atoms with E-state index in [0.29, 0.717) is 19.1 Å². The molecule has 0 bridgehead atoms. The van der Waals surface area contributed by atoms with Crippen molar-refractivity contribution in [3.8, 4) is 11.1 Å². The van der Waals surface area contributed by atoms with E-state index in [9.17, 15) is 13.2 Å². The van der Waals surface area contributed by atoms with Crippen LogP contribution in [0.5, 0.6) is 0 Å². The molecule has 0 atom stereocenters. The normalized spacial score (nSPS) is 17.1. The molecule has 1 N–H and O–H groups in total. The Morgan fingerprint density at radius 3 is 2.70 bits per heavy atom. The molecule has 0 unspecified atom stereocenters. The fourth-order valence-electron chi connectivity index (χ4n) is 4.45. The van der Waals surface area contributed by atoms with E-state index >= 15 is 0 Å². The average Bonchev–Trinajstić information content (AvgIpc) is 3.08. The van der Waals surface area contributed by atoms with Crippen LogP contribution in [-0.2, 0) is 34.1 Å². The Hall–Kier alpha value is -2.25. The molecule has 2 aromatic rings. The van der Waals surface area contributed by atoms with Gasteiger partial charge in [-0.05, 0) is 80.0 Å². The van der Waals surface area contributed by atoms with E-state index in [1.54, 1.807) is 6.20 Å². The summed E-state index contributed by atoms with van der Waals surface area (Å²) in [5.74, 6) is -0.453. The number of benzene rings is 1. The van der Waals surface area contributed by atoms with Gasteiger partial charge in [0, 0.05) is 31.0 Å². The van der Waals surface area contributed by atoms with Gasteiger partial charge in [-0.15, -0.1) is 0 Å². The number of amides is 1. The summed E-state index contributed by atoms with van der Waals surface area (Å²) in [6, 6.07) is 8.45. The number of nitrogens with zero attached hydrogens (tertiary/aromatic N) is 2. The molecule has 1 aliphatic heterocycles. The second kappa shape index (κ2) is 8.12. The van der Waals surface area contributed by atoms with Crippen molar-refractivity contribution in [3.63, 3.8) is 0 Å². The number of likely N-dealkylation sites (tertiary alicyclic amines) is 1. The average molecular weight is 428 g/mol. The van der Waals surface area contributed by atoms with Gasteiger partial charge in [-0.2, -0.15) is 0 Å². The van der Waals surface area contributed by atoms with Crippen molar-refractivity contribution in [3.05, 3.63) is 52.8 Å². The molecule has 4 rings (SSSR count). The van der Waals surface area contributed by atoms with Crippen molar-refractivity contribution < 1.29 is 13.2 Å². The molecule has 0 spiro atoms. The van der Waals surface area contributed by atoms with Crippen molar-refractivity contribution in [2.24, 2.45) is 0 Å². The molecule has 1 saturated heterocycles. The highest BCUT2D eigenvalue weighted by atomic mass is 32.2. The number of aryl methyl sites for hydroxylation is 2. The van der Waals surface area contributed by atoms with Crippen LogP contribution in [0.25, 0.3) is 11.1 Å². The Morgan fingerprint density at radius 1 is 1.23 bits per heavy atom. The van der Waals surface area contributed by atoms with Crippen LogP contribution < -0.4 is 4.72 Å². The molecule has 2 aliphatic rings. The predicted octanol–water partition coefficient (Wildman–Crippen LogP) is 2.63. The highest BCUT2D eigenvalue weighted by Gasteiger charge is 2.39. The first kappa shape index (κ1) is 21.0. The largest absolute Gasteiger partial charge is 0.298 e. The van der Waals surface area contributed by atoms with E-state index in [4.69, 9.17) is 0 Å². The maximum absolute atomic E-state index is 12.8. The molecular weight excluding hydrogens is 398 g/mol. The first-order valence-corrected chi connectivity index (χ1v) is 12.1. The zero-order valence-corrected chi connectivity index (χ0v) is 18.6. The third-order valence-corrected chi connectivity index (χ3v) is 7.94. The van der Waals surface area contributed by atoms with Gasteiger partial charge in [0.1, 0.15) is 5.25 Å². The van der Waals surface area contributed by atoms with E-state index < -0.39 is 21.2 Å². The minimum absolute atomic E-state index is 0.0692. The lowest BCUT2D eigenvalue weighted by Gasteiger charge is -2.41. The number of pyridine rings is 1. The molecule has 0 radical (unpaired) electrons. The quantitative estimate of drug-likeness (QED) is 0.767. The van der Waals surface area contributed by atoms with Crippen LogP contribution in [0.4, 0.5) is 0 Å². The number of sulfonamides is 1. The molecule has 0 saturated carbocycles. The zero-order valence-electron chi connectivity index (χ0n) is 17.8. The monoisotopic (exact) mass is 427 g/mol. The Kier molecular flexibility index (Phi) is 5.68. The van der Waals surface area contributed by atoms with E-state index in [-0.39, 0.29) is 6.42 Å². The van der Waals surface area contributed by atoms with E-state index in [1.807, 2.05) is 32.9 Å². The Morgan fingerprint density at radius 2 is 2.00 bits per heavy atom. The summed E-state index contributed by atoms with van der Waals surface area (Å²) in [7, 11) is -3.66. The van der Waals surface area contributed by atoms with Crippen LogP contribution in [0.3, 0.4) is 0 Å². The Bertz CT molecular complexity index is 1070. The maximum Gasteiger partial charge on any atom is 0.240 e. The second-order valence-corrected chi connectivity index (χ2v) is 10.6. The number of carbonyl (C=O) groups excluding carboxylic acids is 1. The van der Waals surface area contributed by atoms with Crippen LogP contribution in [0.15, 0.2) is 30.5 Å². The summed E-state index contributed by atoms with van der Waals surface area (Å²) in [4.78, 5) is 19.2. The lowest BCUT2D eigenvalue weighted by Crippen LogP contribution is -2.60. The van der Waals surface area contributed by atoms with Crippen molar-refractivity contribution in [1.29, 1.82) is 0 Å². The van der Waals surface area contributed by atoms with Crippen molar-refractivity contribution in [1.82, 2.24) is 14.6 Å². The first-order valence-electron chi connectivity index (χ1n) is 10.6. The summed E-state index contributed by atoms with van der Waals surface area (Å²) in [5, 5.41) is -0.521. The summed E-state index contributed by atoms with van der Waals surface area (Å²) in [6.07, 6.45) is 4.83. The van der Waals surface area contributed by atoms with Crippen LogP contribution in [0.2, 0.25) is 0 Å². The van der Waals surface area contributed by atoms with Crippen molar-refractivity contribution in [2.75, 3.05) is 13.1 Å². The molecule has 1 amide bonds. The lowest BCUT2D eigenvalue weighted by molar-refractivity contribution is -0.118. The number of hydrogen-bond donors (Lipinski definition) is 1. The second-order valence-electron chi connectivity index (χ2n) is 8.69. The van der Waals surface area contributed by atoms with Gasteiger partial charge in [-0.1, -0.05) is 12.1 Å². The van der Waals surface area contributed by atoms with Crippen LogP contribution >= 0.6 is 0 Å². The molecule has 160 valence electrons.